The van der Waals surface area contributed by atoms with Crippen molar-refractivity contribution < 1.29 is 31.1 Å². The molecular formula is C22H19ClF3N5O6S. The number of aromatic nitrogens is 4. The SMILES string of the molecule is CNS(=O)(=O)Cn1c(=O)c2c(nc(Oc3cccc(OC(F)(F)F)c3)n2Cc2ccc(Cl)cc2)n(C)c1=O. The fraction of sp³-hybridized carbons (Fsp3) is 0.227. The summed E-state index contributed by atoms with van der Waals surface area (Å²) in [5, 5.41) is 0.448. The Kier molecular flexibility index (Phi) is 7.27. The molecule has 4 aromatic rings. The molecule has 0 amide bonds. The van der Waals surface area contributed by atoms with Crippen molar-refractivity contribution in [2.24, 2.45) is 7.05 Å². The number of halogens is 4. The fourth-order valence-corrected chi connectivity index (χ4v) is 4.36. The highest BCUT2D eigenvalue weighted by Gasteiger charge is 2.31. The van der Waals surface area contributed by atoms with E-state index in [1.54, 1.807) is 24.3 Å². The summed E-state index contributed by atoms with van der Waals surface area (Å²) < 4.78 is 76.8. The number of benzene rings is 2. The Labute approximate surface area is 217 Å². The molecule has 0 aliphatic rings. The van der Waals surface area contributed by atoms with Gasteiger partial charge in [-0.1, -0.05) is 29.8 Å². The van der Waals surface area contributed by atoms with Crippen molar-refractivity contribution in [1.82, 2.24) is 23.4 Å². The Morgan fingerprint density at radius 2 is 1.71 bits per heavy atom. The molecule has 0 fully saturated rings. The molecule has 16 heteroatoms. The topological polar surface area (TPSA) is 126 Å². The van der Waals surface area contributed by atoms with E-state index in [9.17, 15) is 31.2 Å². The second kappa shape index (κ2) is 10.2. The lowest BCUT2D eigenvalue weighted by Crippen LogP contribution is -2.43. The number of ether oxygens (including phenoxy) is 2. The second-order valence-corrected chi connectivity index (χ2v) is 10.3. The quantitative estimate of drug-likeness (QED) is 0.343. The molecular weight excluding hydrogens is 555 g/mol. The molecule has 0 aliphatic carbocycles. The van der Waals surface area contributed by atoms with Gasteiger partial charge in [0, 0.05) is 18.1 Å². The third-order valence-electron chi connectivity index (χ3n) is 5.31. The van der Waals surface area contributed by atoms with E-state index in [0.29, 0.717) is 15.2 Å². The number of hydrogen-bond donors (Lipinski definition) is 1. The maximum atomic E-state index is 13.4. The smallest absolute Gasteiger partial charge is 0.425 e. The van der Waals surface area contributed by atoms with Gasteiger partial charge in [-0.15, -0.1) is 13.2 Å². The zero-order valence-electron chi connectivity index (χ0n) is 19.7. The molecule has 2 aromatic heterocycles. The summed E-state index contributed by atoms with van der Waals surface area (Å²) in [7, 11) is -1.60. The van der Waals surface area contributed by atoms with Crippen LogP contribution in [0, 0.1) is 0 Å². The Morgan fingerprint density at radius 1 is 1.05 bits per heavy atom. The second-order valence-electron chi connectivity index (χ2n) is 7.93. The van der Waals surface area contributed by atoms with Gasteiger partial charge in [0.05, 0.1) is 6.54 Å². The van der Waals surface area contributed by atoms with Crippen LogP contribution >= 0.6 is 11.6 Å². The van der Waals surface area contributed by atoms with E-state index >= 15 is 0 Å². The summed E-state index contributed by atoms with van der Waals surface area (Å²) in [5.41, 5.74) is -1.61. The highest BCUT2D eigenvalue weighted by molar-refractivity contribution is 7.88. The highest BCUT2D eigenvalue weighted by atomic mass is 35.5. The summed E-state index contributed by atoms with van der Waals surface area (Å²) >= 11 is 5.96. The summed E-state index contributed by atoms with van der Waals surface area (Å²) in [4.78, 5) is 30.5. The molecule has 0 aliphatic heterocycles. The average Bonchev–Trinajstić information content (AvgIpc) is 3.19. The lowest BCUT2D eigenvalue weighted by molar-refractivity contribution is -0.274. The minimum Gasteiger partial charge on any atom is -0.425 e. The minimum atomic E-state index is -4.93. The van der Waals surface area contributed by atoms with Crippen LogP contribution in [0.4, 0.5) is 13.2 Å². The maximum absolute atomic E-state index is 13.4. The molecule has 4 rings (SSSR count). The first-order valence-electron chi connectivity index (χ1n) is 10.7. The fourth-order valence-electron chi connectivity index (χ4n) is 3.54. The maximum Gasteiger partial charge on any atom is 0.573 e. The summed E-state index contributed by atoms with van der Waals surface area (Å²) in [6.07, 6.45) is -4.93. The summed E-state index contributed by atoms with van der Waals surface area (Å²) in [6, 6.07) is 10.9. The molecule has 202 valence electrons. The van der Waals surface area contributed by atoms with Crippen molar-refractivity contribution in [3.05, 3.63) is 80.0 Å². The lowest BCUT2D eigenvalue weighted by atomic mass is 10.2. The van der Waals surface area contributed by atoms with Crippen LogP contribution in [0.5, 0.6) is 17.5 Å². The summed E-state index contributed by atoms with van der Waals surface area (Å²) in [5.74, 6) is -1.62. The van der Waals surface area contributed by atoms with Gasteiger partial charge < -0.3 is 9.47 Å². The molecule has 0 atom stereocenters. The van der Waals surface area contributed by atoms with Gasteiger partial charge in [-0.2, -0.15) is 4.98 Å². The van der Waals surface area contributed by atoms with Crippen molar-refractivity contribution in [2.75, 3.05) is 7.05 Å². The van der Waals surface area contributed by atoms with Gasteiger partial charge >= 0.3 is 18.1 Å². The largest absolute Gasteiger partial charge is 0.573 e. The number of alkyl halides is 3. The molecule has 1 N–H and O–H groups in total. The van der Waals surface area contributed by atoms with Crippen LogP contribution in [-0.2, 0) is 29.5 Å². The van der Waals surface area contributed by atoms with Crippen LogP contribution < -0.4 is 25.4 Å². The highest BCUT2D eigenvalue weighted by Crippen LogP contribution is 2.30. The molecule has 0 unspecified atom stereocenters. The van der Waals surface area contributed by atoms with Crippen LogP contribution in [0.3, 0.4) is 0 Å². The predicted octanol–water partition coefficient (Wildman–Crippen LogP) is 2.80. The van der Waals surface area contributed by atoms with E-state index in [0.717, 1.165) is 23.7 Å². The number of sulfonamides is 1. The van der Waals surface area contributed by atoms with E-state index < -0.39 is 39.3 Å². The molecule has 2 aromatic carbocycles. The van der Waals surface area contributed by atoms with Gasteiger partial charge in [-0.3, -0.25) is 13.9 Å². The van der Waals surface area contributed by atoms with E-state index in [2.05, 4.69) is 9.72 Å². The number of aryl methyl sites for hydroxylation is 1. The van der Waals surface area contributed by atoms with Crippen molar-refractivity contribution in [3.8, 4) is 17.5 Å². The molecule has 0 spiro atoms. The number of rotatable bonds is 8. The number of hydrogen-bond acceptors (Lipinski definition) is 7. The van der Waals surface area contributed by atoms with E-state index in [4.69, 9.17) is 16.3 Å². The van der Waals surface area contributed by atoms with Gasteiger partial charge in [0.1, 0.15) is 17.4 Å². The van der Waals surface area contributed by atoms with Gasteiger partial charge in [0.25, 0.3) is 5.56 Å². The summed E-state index contributed by atoms with van der Waals surface area (Å²) in [6.45, 7) is -0.0477. The number of nitrogens with zero attached hydrogens (tertiary/aromatic N) is 4. The monoisotopic (exact) mass is 573 g/mol. The Balaban J connectivity index is 1.91. The zero-order chi connectivity index (χ0) is 27.8. The standard InChI is InChI=1S/C22H19ClF3N5O6S/c1-27-38(34,35)12-31-19(32)17-18(29(2)21(31)33)28-20(30(17)11-13-6-8-14(23)9-7-13)36-15-4-3-5-16(10-15)37-22(24,25)26/h3-10,27H,11-12H2,1-2H3. The van der Waals surface area contributed by atoms with Gasteiger partial charge in [0.15, 0.2) is 11.2 Å². The van der Waals surface area contributed by atoms with Crippen LogP contribution in [-0.4, -0.2) is 40.5 Å². The van der Waals surface area contributed by atoms with Crippen LogP contribution in [0.2, 0.25) is 5.02 Å². The molecule has 0 saturated heterocycles. The molecule has 38 heavy (non-hydrogen) atoms. The van der Waals surface area contributed by atoms with E-state index in [1.165, 1.54) is 23.7 Å². The van der Waals surface area contributed by atoms with Crippen molar-refractivity contribution in [1.29, 1.82) is 0 Å². The Bertz CT molecular complexity index is 1730. The lowest BCUT2D eigenvalue weighted by Gasteiger charge is -2.12. The van der Waals surface area contributed by atoms with E-state index in [1.807, 2.05) is 4.72 Å². The first kappa shape index (κ1) is 27.2. The van der Waals surface area contributed by atoms with Gasteiger partial charge in [0.2, 0.25) is 10.0 Å². The van der Waals surface area contributed by atoms with Crippen LogP contribution in [0.15, 0.2) is 58.1 Å². The first-order valence-corrected chi connectivity index (χ1v) is 12.7. The average molecular weight is 574 g/mol. The van der Waals surface area contributed by atoms with Gasteiger partial charge in [-0.25, -0.2) is 22.5 Å². The predicted molar refractivity (Wildman–Crippen MR) is 131 cm³/mol. The molecule has 0 saturated carbocycles. The van der Waals surface area contributed by atoms with E-state index in [-0.39, 0.29) is 29.5 Å². The Hall–Kier alpha value is -3.82. The molecule has 0 bridgehead atoms. The van der Waals surface area contributed by atoms with Crippen LogP contribution in [0.1, 0.15) is 5.56 Å². The molecule has 2 heterocycles. The normalized spacial score (nSPS) is 12.2. The number of nitrogens with one attached hydrogen (secondary N) is 1. The Morgan fingerprint density at radius 3 is 2.34 bits per heavy atom. The molecule has 0 radical (unpaired) electrons. The van der Waals surface area contributed by atoms with Crippen LogP contribution in [0.25, 0.3) is 11.2 Å². The van der Waals surface area contributed by atoms with Gasteiger partial charge in [-0.05, 0) is 36.9 Å². The van der Waals surface area contributed by atoms with Crippen molar-refractivity contribution >= 4 is 32.8 Å². The first-order chi connectivity index (χ1) is 17.8. The van der Waals surface area contributed by atoms with Crippen molar-refractivity contribution in [3.63, 3.8) is 0 Å². The molecule has 11 nitrogen and oxygen atoms in total. The number of fused-ring (bicyclic) bond motifs is 1. The minimum absolute atomic E-state index is 0.0477. The third kappa shape index (κ3) is 5.84. The number of imidazole rings is 1. The third-order valence-corrected chi connectivity index (χ3v) is 6.78. The zero-order valence-corrected chi connectivity index (χ0v) is 21.3. The van der Waals surface area contributed by atoms with Crippen molar-refractivity contribution in [2.45, 2.75) is 18.8 Å².